The molecule has 2 aromatic rings. The summed E-state index contributed by atoms with van der Waals surface area (Å²) < 4.78 is 12.8. The third kappa shape index (κ3) is 3.72. The zero-order valence-corrected chi connectivity index (χ0v) is 11.5. The molecule has 22 heavy (non-hydrogen) atoms. The van der Waals surface area contributed by atoms with E-state index in [0.29, 0.717) is 11.3 Å². The molecule has 0 N–H and O–H groups in total. The van der Waals surface area contributed by atoms with Gasteiger partial charge in [-0.15, -0.1) is 0 Å². The maximum atomic E-state index is 12.8. The van der Waals surface area contributed by atoms with Gasteiger partial charge in [0, 0.05) is 12.1 Å². The van der Waals surface area contributed by atoms with Gasteiger partial charge >= 0.3 is 5.97 Å². The average molecular weight is 302 g/mol. The first kappa shape index (κ1) is 15.3. The second kappa shape index (κ2) is 6.57. The predicted molar refractivity (Wildman–Crippen MR) is 77.1 cm³/mol. The second-order valence-electron chi connectivity index (χ2n) is 4.37. The fourth-order valence-electron chi connectivity index (χ4n) is 1.63. The molecular formula is C15H11FN2O4. The van der Waals surface area contributed by atoms with Crippen LogP contribution in [0.5, 0.6) is 0 Å². The number of oxime groups is 1. The Hall–Kier alpha value is -3.09. The normalized spacial score (nSPS) is 11.1. The molecule has 2 rings (SSSR count). The Morgan fingerprint density at radius 3 is 2.18 bits per heavy atom. The molecule has 0 saturated carbocycles. The molecule has 0 amide bonds. The lowest BCUT2D eigenvalue weighted by Gasteiger charge is -2.01. The number of nitro benzene ring substituents is 1. The molecule has 0 fully saturated rings. The third-order valence-corrected chi connectivity index (χ3v) is 2.84. The topological polar surface area (TPSA) is 81.8 Å². The number of halogens is 1. The molecular weight excluding hydrogens is 291 g/mol. The zero-order chi connectivity index (χ0) is 16.1. The summed E-state index contributed by atoms with van der Waals surface area (Å²) in [5.74, 6) is -1.12. The van der Waals surface area contributed by atoms with E-state index in [4.69, 9.17) is 4.84 Å². The molecule has 0 aromatic heterocycles. The quantitative estimate of drug-likeness (QED) is 0.375. The highest BCUT2D eigenvalue weighted by molar-refractivity contribution is 5.99. The largest absolute Gasteiger partial charge is 0.365 e. The van der Waals surface area contributed by atoms with Crippen molar-refractivity contribution in [3.8, 4) is 0 Å². The molecule has 0 unspecified atom stereocenters. The minimum Gasteiger partial charge on any atom is -0.313 e. The highest BCUT2D eigenvalue weighted by Gasteiger charge is 2.11. The summed E-state index contributed by atoms with van der Waals surface area (Å²) in [4.78, 5) is 26.5. The summed E-state index contributed by atoms with van der Waals surface area (Å²) in [6.07, 6.45) is 0. The van der Waals surface area contributed by atoms with E-state index in [2.05, 4.69) is 5.16 Å². The third-order valence-electron chi connectivity index (χ3n) is 2.84. The van der Waals surface area contributed by atoms with Gasteiger partial charge in [-0.3, -0.25) is 10.1 Å². The Bertz CT molecular complexity index is 724. The molecule has 2 aromatic carbocycles. The van der Waals surface area contributed by atoms with E-state index in [1.54, 1.807) is 6.92 Å². The Labute approximate surface area is 125 Å². The summed E-state index contributed by atoms with van der Waals surface area (Å²) in [7, 11) is 0. The van der Waals surface area contributed by atoms with Crippen LogP contribution >= 0.6 is 0 Å². The van der Waals surface area contributed by atoms with Crippen molar-refractivity contribution in [3.63, 3.8) is 0 Å². The van der Waals surface area contributed by atoms with Crippen molar-refractivity contribution in [1.82, 2.24) is 0 Å². The second-order valence-corrected chi connectivity index (χ2v) is 4.37. The van der Waals surface area contributed by atoms with Gasteiger partial charge in [0.25, 0.3) is 5.69 Å². The van der Waals surface area contributed by atoms with E-state index in [1.165, 1.54) is 48.5 Å². The number of benzene rings is 2. The van der Waals surface area contributed by atoms with Crippen molar-refractivity contribution < 1.29 is 18.9 Å². The number of nitrogens with zero attached hydrogens (tertiary/aromatic N) is 2. The predicted octanol–water partition coefficient (Wildman–Crippen LogP) is 3.31. The lowest BCUT2D eigenvalue weighted by atomic mass is 10.1. The SMILES string of the molecule is C/C(=N/OC(=O)c1ccc([N+](=O)[O-])cc1)c1ccc(F)cc1. The maximum absolute atomic E-state index is 12.8. The fraction of sp³-hybridized carbons (Fsp3) is 0.0667. The Kier molecular flexibility index (Phi) is 4.57. The van der Waals surface area contributed by atoms with Crippen LogP contribution < -0.4 is 0 Å². The van der Waals surface area contributed by atoms with Gasteiger partial charge in [-0.1, -0.05) is 17.3 Å². The van der Waals surface area contributed by atoms with E-state index >= 15 is 0 Å². The van der Waals surface area contributed by atoms with Crippen molar-refractivity contribution in [1.29, 1.82) is 0 Å². The molecule has 0 heterocycles. The van der Waals surface area contributed by atoms with Crippen LogP contribution in [0.4, 0.5) is 10.1 Å². The smallest absolute Gasteiger partial charge is 0.313 e. The van der Waals surface area contributed by atoms with Crippen molar-refractivity contribution >= 4 is 17.4 Å². The molecule has 0 bridgehead atoms. The van der Waals surface area contributed by atoms with Crippen LogP contribution in [-0.2, 0) is 4.84 Å². The van der Waals surface area contributed by atoms with Crippen LogP contribution in [0, 0.1) is 15.9 Å². The van der Waals surface area contributed by atoms with Crippen molar-refractivity contribution in [3.05, 3.63) is 75.6 Å². The first-order valence-corrected chi connectivity index (χ1v) is 6.23. The number of carbonyl (C=O) groups excluding carboxylic acids is 1. The molecule has 0 saturated heterocycles. The molecule has 0 atom stereocenters. The average Bonchev–Trinajstić information content (AvgIpc) is 2.53. The molecule has 112 valence electrons. The molecule has 6 nitrogen and oxygen atoms in total. The molecule has 0 aliphatic heterocycles. The minimum atomic E-state index is -0.739. The summed E-state index contributed by atoms with van der Waals surface area (Å²) in [5.41, 5.74) is 1.02. The Morgan fingerprint density at radius 1 is 1.09 bits per heavy atom. The fourth-order valence-corrected chi connectivity index (χ4v) is 1.63. The van der Waals surface area contributed by atoms with Crippen LogP contribution in [0.15, 0.2) is 53.7 Å². The van der Waals surface area contributed by atoms with Crippen molar-refractivity contribution in [2.24, 2.45) is 5.16 Å². The number of hydrogen-bond acceptors (Lipinski definition) is 5. The van der Waals surface area contributed by atoms with Crippen molar-refractivity contribution in [2.75, 3.05) is 0 Å². The van der Waals surface area contributed by atoms with Crippen LogP contribution in [0.2, 0.25) is 0 Å². The standard InChI is InChI=1S/C15H11FN2O4/c1-10(11-2-6-13(16)7-3-11)17-22-15(19)12-4-8-14(9-5-12)18(20)21/h2-9H,1H3/b17-10-. The van der Waals surface area contributed by atoms with Crippen LogP contribution in [0.1, 0.15) is 22.8 Å². The molecule has 0 aliphatic carbocycles. The highest BCUT2D eigenvalue weighted by atomic mass is 19.1. The number of hydrogen-bond donors (Lipinski definition) is 0. The molecule has 0 aliphatic rings. The highest BCUT2D eigenvalue weighted by Crippen LogP contribution is 2.13. The van der Waals surface area contributed by atoms with Crippen LogP contribution in [-0.4, -0.2) is 16.6 Å². The first-order chi connectivity index (χ1) is 10.5. The lowest BCUT2D eigenvalue weighted by Crippen LogP contribution is -2.04. The van der Waals surface area contributed by atoms with Crippen LogP contribution in [0.3, 0.4) is 0 Å². The zero-order valence-electron chi connectivity index (χ0n) is 11.5. The van der Waals surface area contributed by atoms with Gasteiger partial charge in [-0.25, -0.2) is 9.18 Å². The van der Waals surface area contributed by atoms with Gasteiger partial charge in [0.15, 0.2) is 0 Å². The van der Waals surface area contributed by atoms with Gasteiger partial charge in [-0.05, 0) is 36.8 Å². The molecule has 0 radical (unpaired) electrons. The summed E-state index contributed by atoms with van der Waals surface area (Å²) in [6.45, 7) is 1.61. The summed E-state index contributed by atoms with van der Waals surface area (Å²) in [6, 6.07) is 10.5. The van der Waals surface area contributed by atoms with Gasteiger partial charge in [0.05, 0.1) is 16.2 Å². The Balaban J connectivity index is 2.06. The number of rotatable bonds is 4. The van der Waals surface area contributed by atoms with E-state index in [9.17, 15) is 19.3 Å². The van der Waals surface area contributed by atoms with Crippen LogP contribution in [0.25, 0.3) is 0 Å². The van der Waals surface area contributed by atoms with E-state index in [-0.39, 0.29) is 17.1 Å². The maximum Gasteiger partial charge on any atom is 0.365 e. The number of nitro groups is 1. The van der Waals surface area contributed by atoms with Gasteiger partial charge in [0.2, 0.25) is 0 Å². The monoisotopic (exact) mass is 302 g/mol. The molecule has 7 heteroatoms. The van der Waals surface area contributed by atoms with E-state index in [1.807, 2.05) is 0 Å². The minimum absolute atomic E-state index is 0.123. The van der Waals surface area contributed by atoms with Gasteiger partial charge in [-0.2, -0.15) is 0 Å². The number of carbonyl (C=O) groups is 1. The van der Waals surface area contributed by atoms with E-state index in [0.717, 1.165) is 0 Å². The summed E-state index contributed by atoms with van der Waals surface area (Å²) in [5, 5.41) is 14.2. The first-order valence-electron chi connectivity index (χ1n) is 6.23. The van der Waals surface area contributed by atoms with Gasteiger partial charge in [0.1, 0.15) is 5.82 Å². The lowest BCUT2D eigenvalue weighted by molar-refractivity contribution is -0.384. The van der Waals surface area contributed by atoms with Gasteiger partial charge < -0.3 is 4.84 Å². The summed E-state index contributed by atoms with van der Waals surface area (Å²) >= 11 is 0. The Morgan fingerprint density at radius 2 is 1.64 bits per heavy atom. The van der Waals surface area contributed by atoms with E-state index < -0.39 is 10.9 Å². The van der Waals surface area contributed by atoms with Crippen molar-refractivity contribution in [2.45, 2.75) is 6.92 Å². The number of non-ortho nitro benzene ring substituents is 1. The molecule has 0 spiro atoms.